The molecule has 3 nitrogen and oxygen atoms in total. The lowest BCUT2D eigenvalue weighted by Gasteiger charge is -2.11. The van der Waals surface area contributed by atoms with Crippen LogP contribution in [-0.4, -0.2) is 14.5 Å². The fourth-order valence-electron chi connectivity index (χ4n) is 6.22. The van der Waals surface area contributed by atoms with Gasteiger partial charge in [-0.3, -0.25) is 9.55 Å². The van der Waals surface area contributed by atoms with Crippen molar-refractivity contribution in [1.82, 2.24) is 14.5 Å². The van der Waals surface area contributed by atoms with E-state index in [9.17, 15) is 0 Å². The molecule has 0 N–H and O–H groups in total. The van der Waals surface area contributed by atoms with Crippen molar-refractivity contribution < 1.29 is 0 Å². The molecular weight excluding hydrogens is 482 g/mol. The largest absolute Gasteiger partial charge is 0.293 e. The van der Waals surface area contributed by atoms with Crippen LogP contribution in [0.5, 0.6) is 0 Å². The van der Waals surface area contributed by atoms with Crippen LogP contribution in [0.2, 0.25) is 0 Å². The topological polar surface area (TPSA) is 30.7 Å². The van der Waals surface area contributed by atoms with Gasteiger partial charge in [0, 0.05) is 64.9 Å². The molecular formula is C34H19N3S. The molecule has 0 spiro atoms. The molecule has 4 heterocycles. The van der Waals surface area contributed by atoms with Crippen LogP contribution in [0.1, 0.15) is 0 Å². The number of rotatable bonds is 1. The van der Waals surface area contributed by atoms with Crippen molar-refractivity contribution in [3.8, 4) is 5.82 Å². The maximum Gasteiger partial charge on any atom is 0.138 e. The first-order valence-corrected chi connectivity index (χ1v) is 13.6. The van der Waals surface area contributed by atoms with Gasteiger partial charge in [-0.25, -0.2) is 4.98 Å². The van der Waals surface area contributed by atoms with Crippen LogP contribution in [0.25, 0.3) is 80.2 Å². The number of aromatic nitrogens is 3. The van der Waals surface area contributed by atoms with E-state index in [1.807, 2.05) is 23.7 Å². The minimum atomic E-state index is 0.930. The van der Waals surface area contributed by atoms with Gasteiger partial charge < -0.3 is 0 Å². The zero-order chi connectivity index (χ0) is 24.8. The Kier molecular flexibility index (Phi) is 3.93. The maximum atomic E-state index is 5.35. The number of hydrogen-bond donors (Lipinski definition) is 0. The molecule has 9 aromatic rings. The first-order chi connectivity index (χ1) is 18.9. The van der Waals surface area contributed by atoms with Gasteiger partial charge in [0.2, 0.25) is 0 Å². The van der Waals surface area contributed by atoms with Gasteiger partial charge in [0.1, 0.15) is 5.82 Å². The molecule has 0 radical (unpaired) electrons. The summed E-state index contributed by atoms with van der Waals surface area (Å²) < 4.78 is 4.97. The van der Waals surface area contributed by atoms with Crippen molar-refractivity contribution in [1.29, 1.82) is 0 Å². The van der Waals surface area contributed by atoms with Crippen molar-refractivity contribution in [2.75, 3.05) is 0 Å². The third kappa shape index (κ3) is 2.57. The molecule has 0 bridgehead atoms. The number of fused-ring (bicyclic) bond motifs is 13. The van der Waals surface area contributed by atoms with Crippen LogP contribution in [-0.2, 0) is 0 Å². The maximum absolute atomic E-state index is 5.35. The normalized spacial score (nSPS) is 12.2. The molecule has 4 heteroatoms. The van der Waals surface area contributed by atoms with Crippen molar-refractivity contribution in [2.24, 2.45) is 0 Å². The van der Waals surface area contributed by atoms with Gasteiger partial charge in [-0.2, -0.15) is 0 Å². The average Bonchev–Trinajstić information content (AvgIpc) is 3.53. The quantitative estimate of drug-likeness (QED) is 0.210. The molecule has 4 aromatic heterocycles. The lowest BCUT2D eigenvalue weighted by atomic mass is 10.0. The molecule has 0 saturated carbocycles. The second-order valence-corrected chi connectivity index (χ2v) is 10.9. The van der Waals surface area contributed by atoms with E-state index in [0.717, 1.165) is 22.2 Å². The Hall–Kier alpha value is -4.80. The van der Waals surface area contributed by atoms with E-state index in [0.29, 0.717) is 0 Å². The fraction of sp³-hybridized carbons (Fsp3) is 0. The Balaban J connectivity index is 1.56. The minimum Gasteiger partial charge on any atom is -0.293 e. The molecule has 0 aliphatic heterocycles. The van der Waals surface area contributed by atoms with Gasteiger partial charge >= 0.3 is 0 Å². The highest BCUT2D eigenvalue weighted by molar-refractivity contribution is 7.27. The molecule has 38 heavy (non-hydrogen) atoms. The second kappa shape index (κ2) is 7.37. The van der Waals surface area contributed by atoms with Crippen molar-refractivity contribution in [3.63, 3.8) is 0 Å². The number of thiophene rings is 1. The summed E-state index contributed by atoms with van der Waals surface area (Å²) in [6.45, 7) is 0. The second-order valence-electron chi connectivity index (χ2n) is 9.83. The van der Waals surface area contributed by atoms with Crippen LogP contribution < -0.4 is 0 Å². The van der Waals surface area contributed by atoms with Gasteiger partial charge in [0.25, 0.3) is 0 Å². The summed E-state index contributed by atoms with van der Waals surface area (Å²) in [5.74, 6) is 0.930. The van der Waals surface area contributed by atoms with Crippen molar-refractivity contribution in [2.45, 2.75) is 0 Å². The average molecular weight is 502 g/mol. The summed E-state index contributed by atoms with van der Waals surface area (Å²) in [7, 11) is 0. The van der Waals surface area contributed by atoms with Gasteiger partial charge in [0.05, 0.1) is 16.6 Å². The smallest absolute Gasteiger partial charge is 0.138 e. The lowest BCUT2D eigenvalue weighted by Crippen LogP contribution is -1.98. The predicted octanol–water partition coefficient (Wildman–Crippen LogP) is 9.40. The van der Waals surface area contributed by atoms with E-state index in [-0.39, 0.29) is 0 Å². The Morgan fingerprint density at radius 2 is 1.34 bits per heavy atom. The van der Waals surface area contributed by atoms with Gasteiger partial charge in [-0.05, 0) is 35.7 Å². The fourth-order valence-corrected chi connectivity index (χ4v) is 7.46. The van der Waals surface area contributed by atoms with E-state index < -0.39 is 0 Å². The number of hydrogen-bond acceptors (Lipinski definition) is 3. The zero-order valence-electron chi connectivity index (χ0n) is 20.2. The van der Waals surface area contributed by atoms with Crippen LogP contribution >= 0.6 is 11.3 Å². The highest BCUT2D eigenvalue weighted by Gasteiger charge is 2.22. The Labute approximate surface area is 221 Å². The van der Waals surface area contributed by atoms with Gasteiger partial charge in [-0.15, -0.1) is 11.3 Å². The van der Waals surface area contributed by atoms with Crippen LogP contribution in [0.15, 0.2) is 116 Å². The zero-order valence-corrected chi connectivity index (χ0v) is 21.0. The van der Waals surface area contributed by atoms with E-state index >= 15 is 0 Å². The molecule has 0 unspecified atom stereocenters. The van der Waals surface area contributed by atoms with Crippen LogP contribution in [0.3, 0.4) is 0 Å². The monoisotopic (exact) mass is 501 g/mol. The highest BCUT2D eigenvalue weighted by Crippen LogP contribution is 2.47. The summed E-state index contributed by atoms with van der Waals surface area (Å²) in [4.78, 5) is 9.92. The Morgan fingerprint density at radius 3 is 2.29 bits per heavy atom. The van der Waals surface area contributed by atoms with Gasteiger partial charge in [0.15, 0.2) is 0 Å². The number of benzene rings is 5. The van der Waals surface area contributed by atoms with E-state index in [2.05, 4.69) is 113 Å². The van der Waals surface area contributed by atoms with Crippen molar-refractivity contribution in [3.05, 3.63) is 116 Å². The lowest BCUT2D eigenvalue weighted by molar-refractivity contribution is 1.11. The molecule has 176 valence electrons. The summed E-state index contributed by atoms with van der Waals surface area (Å²) >= 11 is 1.86. The Bertz CT molecular complexity index is 2410. The van der Waals surface area contributed by atoms with Crippen LogP contribution in [0, 0.1) is 0 Å². The number of pyridine rings is 2. The van der Waals surface area contributed by atoms with Crippen molar-refractivity contribution >= 4 is 85.8 Å². The minimum absolute atomic E-state index is 0.930. The summed E-state index contributed by atoms with van der Waals surface area (Å²) in [5.41, 5.74) is 3.38. The molecule has 5 aromatic carbocycles. The Morgan fingerprint density at radius 1 is 0.579 bits per heavy atom. The molecule has 0 atom stereocenters. The van der Waals surface area contributed by atoms with E-state index in [1.165, 1.54) is 58.0 Å². The molecule has 9 rings (SSSR count). The molecule has 0 amide bonds. The third-order valence-corrected chi connectivity index (χ3v) is 9.05. The van der Waals surface area contributed by atoms with E-state index in [1.54, 1.807) is 0 Å². The first-order valence-electron chi connectivity index (χ1n) is 12.8. The predicted molar refractivity (Wildman–Crippen MR) is 162 cm³/mol. The molecule has 0 fully saturated rings. The highest BCUT2D eigenvalue weighted by atomic mass is 32.1. The molecule has 0 aliphatic carbocycles. The number of nitrogens with zero attached hydrogens (tertiary/aromatic N) is 3. The standard InChI is InChI=1S/C34H19N3S/c1-2-8-22-20(7-1)13-14-21-15-16-29(36-32(21)22)37-27-11-5-3-9-24(27)30-26-19-35-18-17-23(26)34-31(33(30)37)25-10-4-6-12-28(25)38-34/h1-19H. The number of para-hydroxylation sites is 1. The summed E-state index contributed by atoms with van der Waals surface area (Å²) in [6.07, 6.45) is 3.94. The molecule has 0 aliphatic rings. The molecule has 0 saturated heterocycles. The van der Waals surface area contributed by atoms with Gasteiger partial charge in [-0.1, -0.05) is 72.8 Å². The SMILES string of the molecule is c1ccc2c(c1)ccc1ccc(-n3c4ccccc4c4c5cnccc5c5sc6ccccc6c5c43)nc12. The summed E-state index contributed by atoms with van der Waals surface area (Å²) in [5, 5.41) is 11.0. The first kappa shape index (κ1) is 20.3. The summed E-state index contributed by atoms with van der Waals surface area (Å²) in [6, 6.07) is 36.8. The van der Waals surface area contributed by atoms with E-state index in [4.69, 9.17) is 4.98 Å². The third-order valence-electron chi connectivity index (χ3n) is 7.84. The van der Waals surface area contributed by atoms with Crippen LogP contribution in [0.4, 0.5) is 0 Å².